The van der Waals surface area contributed by atoms with E-state index in [4.69, 9.17) is 9.47 Å². The largest absolute Gasteiger partial charge is 0.497 e. The number of benzene rings is 1. The van der Waals surface area contributed by atoms with Gasteiger partial charge in [0.15, 0.2) is 0 Å². The van der Waals surface area contributed by atoms with Gasteiger partial charge in [-0.05, 0) is 55.0 Å². The van der Waals surface area contributed by atoms with Crippen LogP contribution in [0.1, 0.15) is 63.5 Å². The molecule has 3 aromatic rings. The number of aromatic nitrogens is 2. The summed E-state index contributed by atoms with van der Waals surface area (Å²) in [6.07, 6.45) is 1.77. The molecule has 0 fully saturated rings. The molecule has 9 heteroatoms. The second-order valence-corrected chi connectivity index (χ2v) is 10.7. The minimum atomic E-state index is -0.466. The summed E-state index contributed by atoms with van der Waals surface area (Å²) in [6, 6.07) is 12.0. The number of Topliss-reactive ketones (excluding diaryl/α,β-unsaturated/α-hetero) is 1. The Morgan fingerprint density at radius 2 is 2.16 bits per heavy atom. The fraction of sp³-hybridized carbons (Fsp3) is 0.429. The number of carbonyl (C=O) groups excluding carboxylic acids is 2. The lowest BCUT2D eigenvalue weighted by molar-refractivity contribution is -0.118. The number of ketones is 1. The molecule has 1 N–H and O–H groups in total. The standard InChI is InChI=1S/C28H32N4O4S/c1-17(19-6-5-7-22(12-19)35-4)10-21(33)13-26-25(15-29)24-9-8-23(14-27(24)37-26)36-28(34)30-16-20-11-18(2)31-32(20)3/h5-7,11-12,17,23H,8-10,13-14,16H2,1-4H3,(H,30,34). The average molecular weight is 521 g/mol. The number of nitrogens with zero attached hydrogens (tertiary/aromatic N) is 3. The fourth-order valence-corrected chi connectivity index (χ4v) is 6.21. The monoisotopic (exact) mass is 520 g/mol. The lowest BCUT2D eigenvalue weighted by Gasteiger charge is -2.22. The number of ether oxygens (including phenoxy) is 2. The molecule has 37 heavy (non-hydrogen) atoms. The molecule has 1 aliphatic carbocycles. The Balaban J connectivity index is 1.35. The van der Waals surface area contributed by atoms with Crippen molar-refractivity contribution >= 4 is 23.2 Å². The lowest BCUT2D eigenvalue weighted by atomic mass is 9.91. The minimum Gasteiger partial charge on any atom is -0.497 e. The third-order valence-corrected chi connectivity index (χ3v) is 8.00. The lowest BCUT2D eigenvalue weighted by Crippen LogP contribution is -2.32. The van der Waals surface area contributed by atoms with Crippen molar-refractivity contribution in [1.29, 1.82) is 5.26 Å². The molecular formula is C28H32N4O4S. The van der Waals surface area contributed by atoms with Gasteiger partial charge < -0.3 is 14.8 Å². The van der Waals surface area contributed by atoms with Gasteiger partial charge in [0.2, 0.25) is 0 Å². The van der Waals surface area contributed by atoms with Gasteiger partial charge in [-0.3, -0.25) is 9.48 Å². The molecule has 0 aliphatic heterocycles. The van der Waals surface area contributed by atoms with Crippen molar-refractivity contribution in [2.75, 3.05) is 7.11 Å². The SMILES string of the molecule is COc1cccc(C(C)CC(=O)Cc2sc3c(c2C#N)CCC(OC(=O)NCc2cc(C)nn2C)C3)c1. The van der Waals surface area contributed by atoms with Gasteiger partial charge in [0.25, 0.3) is 0 Å². The van der Waals surface area contributed by atoms with Crippen LogP contribution in [-0.4, -0.2) is 34.9 Å². The number of aryl methyl sites for hydroxylation is 2. The van der Waals surface area contributed by atoms with Crippen LogP contribution >= 0.6 is 11.3 Å². The van der Waals surface area contributed by atoms with Gasteiger partial charge in [-0.15, -0.1) is 11.3 Å². The second kappa shape index (κ2) is 11.6. The molecule has 8 nitrogen and oxygen atoms in total. The summed E-state index contributed by atoms with van der Waals surface area (Å²) < 4.78 is 12.7. The predicted molar refractivity (Wildman–Crippen MR) is 141 cm³/mol. The van der Waals surface area contributed by atoms with E-state index in [0.717, 1.165) is 38.0 Å². The molecule has 2 unspecified atom stereocenters. The molecule has 2 atom stereocenters. The zero-order chi connectivity index (χ0) is 26.5. The Morgan fingerprint density at radius 3 is 2.86 bits per heavy atom. The van der Waals surface area contributed by atoms with E-state index in [1.54, 1.807) is 11.8 Å². The number of rotatable bonds is 9. The van der Waals surface area contributed by atoms with Gasteiger partial charge in [-0.25, -0.2) is 4.79 Å². The summed E-state index contributed by atoms with van der Waals surface area (Å²) in [7, 11) is 3.46. The highest BCUT2D eigenvalue weighted by atomic mass is 32.1. The van der Waals surface area contributed by atoms with Gasteiger partial charge in [-0.1, -0.05) is 19.1 Å². The molecular weight excluding hydrogens is 488 g/mol. The zero-order valence-electron chi connectivity index (χ0n) is 21.7. The van der Waals surface area contributed by atoms with Crippen molar-refractivity contribution in [3.8, 4) is 11.8 Å². The number of hydrogen-bond acceptors (Lipinski definition) is 7. The number of hydrogen-bond donors (Lipinski definition) is 1. The summed E-state index contributed by atoms with van der Waals surface area (Å²) in [5.41, 5.74) is 4.46. The Hall–Kier alpha value is -3.64. The van der Waals surface area contributed by atoms with Crippen LogP contribution in [0.2, 0.25) is 0 Å². The Kier molecular flexibility index (Phi) is 8.29. The molecule has 0 saturated heterocycles. The summed E-state index contributed by atoms with van der Waals surface area (Å²) in [5, 5.41) is 16.9. The average Bonchev–Trinajstić information content (AvgIpc) is 3.39. The fourth-order valence-electron chi connectivity index (χ4n) is 4.81. The van der Waals surface area contributed by atoms with Crippen LogP contribution in [0.15, 0.2) is 30.3 Å². The van der Waals surface area contributed by atoms with Crippen LogP contribution in [0.4, 0.5) is 4.79 Å². The van der Waals surface area contributed by atoms with Gasteiger partial charge >= 0.3 is 6.09 Å². The Labute approximate surface area is 221 Å². The first-order chi connectivity index (χ1) is 17.8. The molecule has 4 rings (SSSR count). The maximum Gasteiger partial charge on any atom is 0.407 e. The van der Waals surface area contributed by atoms with E-state index < -0.39 is 6.09 Å². The van der Waals surface area contributed by atoms with Gasteiger partial charge in [0, 0.05) is 36.1 Å². The second-order valence-electron chi connectivity index (χ2n) is 9.54. The van der Waals surface area contributed by atoms with E-state index in [-0.39, 0.29) is 24.2 Å². The summed E-state index contributed by atoms with van der Waals surface area (Å²) >= 11 is 1.50. The highest BCUT2D eigenvalue weighted by Gasteiger charge is 2.28. The number of carbonyl (C=O) groups is 2. The van der Waals surface area contributed by atoms with Gasteiger partial charge in [0.1, 0.15) is 23.7 Å². The molecule has 0 spiro atoms. The first kappa shape index (κ1) is 26.4. The maximum absolute atomic E-state index is 12.9. The number of methoxy groups -OCH3 is 1. The molecule has 194 valence electrons. The number of thiophene rings is 1. The van der Waals surface area contributed by atoms with Crippen LogP contribution in [0.5, 0.6) is 5.75 Å². The molecule has 1 amide bonds. The highest BCUT2D eigenvalue weighted by molar-refractivity contribution is 7.12. The van der Waals surface area contributed by atoms with Crippen molar-refractivity contribution < 1.29 is 19.1 Å². The highest BCUT2D eigenvalue weighted by Crippen LogP contribution is 2.36. The van der Waals surface area contributed by atoms with Gasteiger partial charge in [-0.2, -0.15) is 10.4 Å². The van der Waals surface area contributed by atoms with E-state index in [1.807, 2.05) is 51.2 Å². The number of amides is 1. The molecule has 0 radical (unpaired) electrons. The Morgan fingerprint density at radius 1 is 1.35 bits per heavy atom. The third-order valence-electron chi connectivity index (χ3n) is 6.75. The third kappa shape index (κ3) is 6.38. The van der Waals surface area contributed by atoms with E-state index in [0.29, 0.717) is 37.8 Å². The number of alkyl carbamates (subject to hydrolysis) is 1. The number of nitriles is 1. The summed E-state index contributed by atoms with van der Waals surface area (Å²) in [6.45, 7) is 4.27. The maximum atomic E-state index is 12.9. The molecule has 2 aromatic heterocycles. The van der Waals surface area contributed by atoms with E-state index >= 15 is 0 Å². The first-order valence-corrected chi connectivity index (χ1v) is 13.2. The van der Waals surface area contributed by atoms with Gasteiger partial charge in [0.05, 0.1) is 30.6 Å². The normalized spacial score (nSPS) is 15.4. The molecule has 0 saturated carbocycles. The molecule has 1 aromatic carbocycles. The minimum absolute atomic E-state index is 0.0503. The summed E-state index contributed by atoms with van der Waals surface area (Å²) in [5.74, 6) is 0.921. The van der Waals surface area contributed by atoms with E-state index in [2.05, 4.69) is 16.5 Å². The quantitative estimate of drug-likeness (QED) is 0.436. The van der Waals surface area contributed by atoms with Crippen molar-refractivity contribution in [3.63, 3.8) is 0 Å². The summed E-state index contributed by atoms with van der Waals surface area (Å²) in [4.78, 5) is 27.2. The van der Waals surface area contributed by atoms with Crippen LogP contribution in [0, 0.1) is 18.3 Å². The number of fused-ring (bicyclic) bond motifs is 1. The molecule has 0 bridgehead atoms. The van der Waals surface area contributed by atoms with E-state index in [9.17, 15) is 14.9 Å². The Bertz CT molecular complexity index is 1340. The van der Waals surface area contributed by atoms with Crippen LogP contribution in [-0.2, 0) is 42.4 Å². The van der Waals surface area contributed by atoms with Crippen molar-refractivity contribution in [2.45, 2.75) is 64.5 Å². The van der Waals surface area contributed by atoms with Crippen molar-refractivity contribution in [1.82, 2.24) is 15.1 Å². The number of nitrogens with one attached hydrogen (secondary N) is 1. The smallest absolute Gasteiger partial charge is 0.407 e. The first-order valence-electron chi connectivity index (χ1n) is 12.4. The zero-order valence-corrected chi connectivity index (χ0v) is 22.5. The predicted octanol–water partition coefficient (Wildman–Crippen LogP) is 4.76. The molecule has 1 aliphatic rings. The van der Waals surface area contributed by atoms with E-state index in [1.165, 1.54) is 11.3 Å². The van der Waals surface area contributed by atoms with Crippen LogP contribution < -0.4 is 10.1 Å². The van der Waals surface area contributed by atoms with Crippen molar-refractivity contribution in [2.24, 2.45) is 7.05 Å². The van der Waals surface area contributed by atoms with Crippen molar-refractivity contribution in [3.05, 3.63) is 68.2 Å². The topological polar surface area (TPSA) is 106 Å². The molecule has 2 heterocycles. The van der Waals surface area contributed by atoms with Crippen LogP contribution in [0.3, 0.4) is 0 Å². The van der Waals surface area contributed by atoms with Crippen LogP contribution in [0.25, 0.3) is 0 Å².